The lowest BCUT2D eigenvalue weighted by Crippen LogP contribution is -2.21. The molecule has 0 spiro atoms. The maximum absolute atomic E-state index is 12.2. The van der Waals surface area contributed by atoms with Crippen molar-refractivity contribution < 1.29 is 27.4 Å². The highest BCUT2D eigenvalue weighted by molar-refractivity contribution is 14.1. The summed E-state index contributed by atoms with van der Waals surface area (Å²) in [5.41, 5.74) is 5.13. The van der Waals surface area contributed by atoms with E-state index in [1.807, 2.05) is 0 Å². The molecule has 0 atom stereocenters. The smallest absolute Gasteiger partial charge is 0.461 e. The van der Waals surface area contributed by atoms with Gasteiger partial charge in [0.1, 0.15) is 0 Å². The summed E-state index contributed by atoms with van der Waals surface area (Å²) in [4.78, 5) is 15.1. The number of hydrogen-bond donors (Lipinski definition) is 1. The molecule has 19 heavy (non-hydrogen) atoms. The Morgan fingerprint density at radius 1 is 1.53 bits per heavy atom. The van der Waals surface area contributed by atoms with E-state index in [9.17, 15) is 18.0 Å². The fourth-order valence-corrected chi connectivity index (χ4v) is 1.91. The summed E-state index contributed by atoms with van der Waals surface area (Å²) in [6.07, 6.45) is -4.91. The summed E-state index contributed by atoms with van der Waals surface area (Å²) < 4.78 is 45.4. The van der Waals surface area contributed by atoms with Crippen molar-refractivity contribution in [2.45, 2.75) is 19.8 Å². The highest BCUT2D eigenvalue weighted by atomic mass is 127. The second-order valence-electron chi connectivity index (χ2n) is 3.26. The van der Waals surface area contributed by atoms with Gasteiger partial charge >= 0.3 is 12.3 Å². The van der Waals surface area contributed by atoms with Crippen LogP contribution >= 0.6 is 22.6 Å². The Hall–Kier alpha value is -1.10. The van der Waals surface area contributed by atoms with Crippen LogP contribution in [0.3, 0.4) is 0 Å². The summed E-state index contributed by atoms with van der Waals surface area (Å²) in [5.74, 6) is -1.55. The molecule has 1 rings (SSSR count). The fourth-order valence-electron chi connectivity index (χ4n) is 1.20. The van der Waals surface area contributed by atoms with Crippen molar-refractivity contribution in [1.82, 2.24) is 4.98 Å². The van der Waals surface area contributed by atoms with Crippen LogP contribution in [0.15, 0.2) is 6.07 Å². The molecule has 106 valence electrons. The van der Waals surface area contributed by atoms with Crippen LogP contribution in [0.25, 0.3) is 0 Å². The second kappa shape index (κ2) is 6.37. The molecule has 0 saturated heterocycles. The molecule has 0 radical (unpaired) electrons. The largest absolute Gasteiger partial charge is 0.574 e. The SMILES string of the molecule is CCOC(=O)c1nc(OC(F)(F)F)c(CN)cc1I. The van der Waals surface area contributed by atoms with Gasteiger partial charge in [-0.25, -0.2) is 9.78 Å². The molecule has 0 unspecified atom stereocenters. The first-order valence-corrected chi connectivity index (χ1v) is 6.18. The van der Waals surface area contributed by atoms with Crippen LogP contribution in [0.5, 0.6) is 5.88 Å². The number of rotatable bonds is 4. The summed E-state index contributed by atoms with van der Waals surface area (Å²) in [5, 5.41) is 0. The Kier molecular flexibility index (Phi) is 5.35. The Bertz CT molecular complexity index is 480. The lowest BCUT2D eigenvalue weighted by molar-refractivity contribution is -0.276. The number of alkyl halides is 3. The van der Waals surface area contributed by atoms with E-state index in [2.05, 4.69) is 9.72 Å². The molecule has 0 aliphatic heterocycles. The minimum Gasteiger partial charge on any atom is -0.461 e. The summed E-state index contributed by atoms with van der Waals surface area (Å²) in [6, 6.07) is 1.31. The quantitative estimate of drug-likeness (QED) is 0.631. The zero-order valence-electron chi connectivity index (χ0n) is 9.75. The molecular weight excluding hydrogens is 380 g/mol. The van der Waals surface area contributed by atoms with Gasteiger partial charge in [0.25, 0.3) is 0 Å². The Morgan fingerprint density at radius 3 is 2.63 bits per heavy atom. The number of aromatic nitrogens is 1. The zero-order valence-corrected chi connectivity index (χ0v) is 11.9. The number of hydrogen-bond acceptors (Lipinski definition) is 5. The van der Waals surface area contributed by atoms with Gasteiger partial charge in [-0.15, -0.1) is 13.2 Å². The average Bonchev–Trinajstić information content (AvgIpc) is 2.29. The first kappa shape index (κ1) is 16.0. The number of ether oxygens (including phenoxy) is 2. The molecule has 0 aliphatic carbocycles. The van der Waals surface area contributed by atoms with Crippen LogP contribution in [-0.4, -0.2) is 23.9 Å². The Morgan fingerprint density at radius 2 is 2.16 bits per heavy atom. The summed E-state index contributed by atoms with van der Waals surface area (Å²) in [7, 11) is 0. The molecule has 2 N–H and O–H groups in total. The van der Waals surface area contributed by atoms with Gasteiger partial charge in [-0.05, 0) is 35.6 Å². The monoisotopic (exact) mass is 390 g/mol. The van der Waals surface area contributed by atoms with Crippen LogP contribution in [0.4, 0.5) is 13.2 Å². The van der Waals surface area contributed by atoms with Gasteiger partial charge in [-0.1, -0.05) is 0 Å². The van der Waals surface area contributed by atoms with Crippen molar-refractivity contribution >= 4 is 28.6 Å². The van der Waals surface area contributed by atoms with E-state index < -0.39 is 18.2 Å². The van der Waals surface area contributed by atoms with E-state index in [1.54, 1.807) is 29.5 Å². The molecule has 0 fully saturated rings. The van der Waals surface area contributed by atoms with Gasteiger partial charge < -0.3 is 15.2 Å². The maximum Gasteiger partial charge on any atom is 0.574 e. The molecule has 0 bridgehead atoms. The lowest BCUT2D eigenvalue weighted by atomic mass is 10.2. The maximum atomic E-state index is 12.2. The van der Waals surface area contributed by atoms with Crippen molar-refractivity contribution in [2.75, 3.05) is 6.61 Å². The first-order valence-electron chi connectivity index (χ1n) is 5.10. The third-order valence-corrected chi connectivity index (χ3v) is 2.74. The summed E-state index contributed by atoms with van der Waals surface area (Å²) in [6.45, 7) is 1.47. The number of nitrogens with zero attached hydrogens (tertiary/aromatic N) is 1. The standard InChI is InChI=1S/C10H10F3IN2O3/c1-2-18-9(17)7-6(14)3-5(4-15)8(16-7)19-10(11,12)13/h3H,2,4,15H2,1H3. The third kappa shape index (κ3) is 4.49. The Labute approximate surface area is 120 Å². The highest BCUT2D eigenvalue weighted by Crippen LogP contribution is 2.27. The van der Waals surface area contributed by atoms with Gasteiger partial charge in [0.15, 0.2) is 5.69 Å². The van der Waals surface area contributed by atoms with E-state index >= 15 is 0 Å². The van der Waals surface area contributed by atoms with Crippen molar-refractivity contribution in [1.29, 1.82) is 0 Å². The van der Waals surface area contributed by atoms with Gasteiger partial charge in [0.05, 0.1) is 6.61 Å². The average molecular weight is 390 g/mol. The number of esters is 1. The molecule has 1 heterocycles. The van der Waals surface area contributed by atoms with Crippen molar-refractivity contribution in [3.8, 4) is 5.88 Å². The summed E-state index contributed by atoms with van der Waals surface area (Å²) >= 11 is 1.76. The molecule has 1 aromatic heterocycles. The van der Waals surface area contributed by atoms with Gasteiger partial charge in [0, 0.05) is 15.7 Å². The van der Waals surface area contributed by atoms with E-state index in [0.29, 0.717) is 3.57 Å². The normalized spacial score (nSPS) is 11.3. The van der Waals surface area contributed by atoms with E-state index in [-0.39, 0.29) is 24.4 Å². The van der Waals surface area contributed by atoms with Crippen LogP contribution in [0, 0.1) is 3.57 Å². The molecular formula is C10H10F3IN2O3. The molecule has 1 aromatic rings. The van der Waals surface area contributed by atoms with Crippen molar-refractivity contribution in [3.05, 3.63) is 20.9 Å². The Balaban J connectivity index is 3.21. The van der Waals surface area contributed by atoms with Crippen LogP contribution in [0.2, 0.25) is 0 Å². The predicted molar refractivity (Wildman–Crippen MR) is 67.5 cm³/mol. The molecule has 0 amide bonds. The zero-order chi connectivity index (χ0) is 14.6. The highest BCUT2D eigenvalue weighted by Gasteiger charge is 2.33. The first-order chi connectivity index (χ1) is 8.78. The van der Waals surface area contributed by atoms with Crippen LogP contribution < -0.4 is 10.5 Å². The van der Waals surface area contributed by atoms with Gasteiger partial charge in [0.2, 0.25) is 5.88 Å². The van der Waals surface area contributed by atoms with E-state index in [1.165, 1.54) is 6.07 Å². The molecule has 5 nitrogen and oxygen atoms in total. The molecule has 9 heteroatoms. The number of nitrogens with two attached hydrogens (primary N) is 1. The third-order valence-electron chi connectivity index (χ3n) is 1.92. The van der Waals surface area contributed by atoms with Crippen molar-refractivity contribution in [2.24, 2.45) is 5.73 Å². The molecule has 0 saturated carbocycles. The molecule has 0 aliphatic rings. The molecule has 0 aromatic carbocycles. The number of pyridine rings is 1. The lowest BCUT2D eigenvalue weighted by Gasteiger charge is -2.13. The number of halogens is 4. The van der Waals surface area contributed by atoms with E-state index in [4.69, 9.17) is 10.5 Å². The van der Waals surface area contributed by atoms with Gasteiger partial charge in [-0.2, -0.15) is 0 Å². The minimum atomic E-state index is -4.91. The van der Waals surface area contributed by atoms with Gasteiger partial charge in [-0.3, -0.25) is 0 Å². The topological polar surface area (TPSA) is 74.4 Å². The van der Waals surface area contributed by atoms with E-state index in [0.717, 1.165) is 0 Å². The minimum absolute atomic E-state index is 0.0507. The second-order valence-corrected chi connectivity index (χ2v) is 4.42. The number of carbonyl (C=O) groups excluding carboxylic acids is 1. The van der Waals surface area contributed by atoms with Crippen LogP contribution in [-0.2, 0) is 11.3 Å². The number of carbonyl (C=O) groups is 1. The van der Waals surface area contributed by atoms with Crippen molar-refractivity contribution in [3.63, 3.8) is 0 Å². The fraction of sp³-hybridized carbons (Fsp3) is 0.400. The predicted octanol–water partition coefficient (Wildman–Crippen LogP) is 2.22. The van der Waals surface area contributed by atoms with Crippen LogP contribution in [0.1, 0.15) is 23.0 Å².